The van der Waals surface area contributed by atoms with Gasteiger partial charge in [-0.3, -0.25) is 9.78 Å². The van der Waals surface area contributed by atoms with Gasteiger partial charge in [0.2, 0.25) is 17.6 Å². The lowest BCUT2D eigenvalue weighted by Gasteiger charge is -2.16. The van der Waals surface area contributed by atoms with Crippen LogP contribution in [-0.4, -0.2) is 33.0 Å². The van der Waals surface area contributed by atoms with Crippen LogP contribution in [0.25, 0.3) is 11.4 Å². The molecule has 0 spiro atoms. The highest BCUT2D eigenvalue weighted by Crippen LogP contribution is 2.15. The molecule has 0 bridgehead atoms. The summed E-state index contributed by atoms with van der Waals surface area (Å²) in [5.74, 6) is 1.02. The van der Waals surface area contributed by atoms with Gasteiger partial charge in [-0.25, -0.2) is 0 Å². The molecule has 0 saturated heterocycles. The Morgan fingerprint density at radius 2 is 1.88 bits per heavy atom. The third-order valence-electron chi connectivity index (χ3n) is 3.65. The molecular formula is C18H18N4O2. The van der Waals surface area contributed by atoms with E-state index in [9.17, 15) is 4.79 Å². The molecule has 1 amide bonds. The van der Waals surface area contributed by atoms with Gasteiger partial charge in [0.05, 0.1) is 0 Å². The van der Waals surface area contributed by atoms with Gasteiger partial charge in [-0.15, -0.1) is 0 Å². The highest BCUT2D eigenvalue weighted by Gasteiger charge is 2.13. The predicted octanol–water partition coefficient (Wildman–Crippen LogP) is 2.72. The maximum Gasteiger partial charge on any atom is 0.227 e. The highest BCUT2D eigenvalue weighted by atomic mass is 16.5. The lowest BCUT2D eigenvalue weighted by molar-refractivity contribution is -0.130. The van der Waals surface area contributed by atoms with Crippen molar-refractivity contribution >= 4 is 5.91 Å². The van der Waals surface area contributed by atoms with E-state index in [4.69, 9.17) is 4.52 Å². The van der Waals surface area contributed by atoms with Crippen LogP contribution < -0.4 is 0 Å². The topological polar surface area (TPSA) is 72.1 Å². The van der Waals surface area contributed by atoms with Gasteiger partial charge in [0.15, 0.2) is 0 Å². The zero-order chi connectivity index (χ0) is 16.8. The Hall–Kier alpha value is -3.02. The lowest BCUT2D eigenvalue weighted by atomic mass is 10.2. The molecule has 0 aliphatic heterocycles. The summed E-state index contributed by atoms with van der Waals surface area (Å²) >= 11 is 0. The molecule has 0 aliphatic carbocycles. The maximum atomic E-state index is 12.2. The van der Waals surface area contributed by atoms with Crippen molar-refractivity contribution in [2.24, 2.45) is 0 Å². The molecule has 3 rings (SSSR count). The van der Waals surface area contributed by atoms with E-state index in [2.05, 4.69) is 15.1 Å². The minimum atomic E-state index is 0.0440. The van der Waals surface area contributed by atoms with E-state index >= 15 is 0 Å². The molecular weight excluding hydrogens is 304 g/mol. The Morgan fingerprint density at radius 3 is 2.62 bits per heavy atom. The number of hydrogen-bond acceptors (Lipinski definition) is 5. The number of rotatable bonds is 6. The fourth-order valence-electron chi connectivity index (χ4n) is 2.32. The summed E-state index contributed by atoms with van der Waals surface area (Å²) < 4.78 is 5.22. The van der Waals surface area contributed by atoms with E-state index in [1.807, 2.05) is 42.5 Å². The second-order valence-corrected chi connectivity index (χ2v) is 5.48. The average Bonchev–Trinajstić information content (AvgIpc) is 3.10. The van der Waals surface area contributed by atoms with Crippen molar-refractivity contribution in [3.63, 3.8) is 0 Å². The smallest absolute Gasteiger partial charge is 0.227 e. The Balaban J connectivity index is 1.54. The zero-order valence-corrected chi connectivity index (χ0v) is 13.4. The standard InChI is InChI=1S/C18H18N4O2/c1-22(13-14-5-3-2-4-6-14)17(23)8-7-16-20-18(21-24-16)15-9-11-19-12-10-15/h2-6,9-12H,7-8,13H2,1H3. The van der Waals surface area contributed by atoms with Gasteiger partial charge < -0.3 is 9.42 Å². The number of hydrogen-bond donors (Lipinski definition) is 0. The van der Waals surface area contributed by atoms with Crippen LogP contribution in [0.15, 0.2) is 59.4 Å². The van der Waals surface area contributed by atoms with Gasteiger partial charge in [-0.1, -0.05) is 35.5 Å². The molecule has 2 aromatic heterocycles. The van der Waals surface area contributed by atoms with E-state index in [-0.39, 0.29) is 5.91 Å². The molecule has 0 N–H and O–H groups in total. The van der Waals surface area contributed by atoms with Gasteiger partial charge in [-0.2, -0.15) is 4.98 Å². The summed E-state index contributed by atoms with van der Waals surface area (Å²) in [6.45, 7) is 0.589. The summed E-state index contributed by atoms with van der Waals surface area (Å²) in [4.78, 5) is 22.2. The molecule has 24 heavy (non-hydrogen) atoms. The normalized spacial score (nSPS) is 10.5. The number of carbonyl (C=O) groups excluding carboxylic acids is 1. The minimum absolute atomic E-state index is 0.0440. The fourth-order valence-corrected chi connectivity index (χ4v) is 2.32. The molecule has 0 fully saturated rings. The molecule has 1 aromatic carbocycles. The predicted molar refractivity (Wildman–Crippen MR) is 88.8 cm³/mol. The molecule has 6 nitrogen and oxygen atoms in total. The van der Waals surface area contributed by atoms with Crippen LogP contribution in [0.1, 0.15) is 17.9 Å². The number of pyridine rings is 1. The van der Waals surface area contributed by atoms with Gasteiger partial charge in [-0.05, 0) is 17.7 Å². The second kappa shape index (κ2) is 7.50. The summed E-state index contributed by atoms with van der Waals surface area (Å²) in [6.07, 6.45) is 4.11. The molecule has 3 aromatic rings. The second-order valence-electron chi connectivity index (χ2n) is 5.48. The van der Waals surface area contributed by atoms with Crippen LogP contribution >= 0.6 is 0 Å². The van der Waals surface area contributed by atoms with Crippen LogP contribution in [0.2, 0.25) is 0 Å². The molecule has 0 saturated carbocycles. The van der Waals surface area contributed by atoms with Gasteiger partial charge in [0.25, 0.3) is 0 Å². The van der Waals surface area contributed by atoms with E-state index < -0.39 is 0 Å². The van der Waals surface area contributed by atoms with Crippen molar-refractivity contribution in [2.75, 3.05) is 7.05 Å². The average molecular weight is 322 g/mol. The van der Waals surface area contributed by atoms with Crippen molar-refractivity contribution in [2.45, 2.75) is 19.4 Å². The maximum absolute atomic E-state index is 12.2. The third kappa shape index (κ3) is 4.04. The first-order chi connectivity index (χ1) is 11.7. The quantitative estimate of drug-likeness (QED) is 0.698. The monoisotopic (exact) mass is 322 g/mol. The van der Waals surface area contributed by atoms with Crippen molar-refractivity contribution in [3.05, 3.63) is 66.3 Å². The van der Waals surface area contributed by atoms with Gasteiger partial charge in [0, 0.05) is 44.4 Å². The number of carbonyl (C=O) groups is 1. The van der Waals surface area contributed by atoms with Crippen molar-refractivity contribution in [1.82, 2.24) is 20.0 Å². The summed E-state index contributed by atoms with van der Waals surface area (Å²) in [5, 5.41) is 3.94. The van der Waals surface area contributed by atoms with Crippen molar-refractivity contribution in [1.29, 1.82) is 0 Å². The van der Waals surface area contributed by atoms with Crippen molar-refractivity contribution < 1.29 is 9.32 Å². The zero-order valence-electron chi connectivity index (χ0n) is 13.4. The highest BCUT2D eigenvalue weighted by molar-refractivity contribution is 5.76. The minimum Gasteiger partial charge on any atom is -0.341 e. The number of aryl methyl sites for hydroxylation is 1. The molecule has 0 aliphatic rings. The Kier molecular flexibility index (Phi) is 4.96. The molecule has 0 radical (unpaired) electrons. The fraction of sp³-hybridized carbons (Fsp3) is 0.222. The first kappa shape index (κ1) is 15.9. The van der Waals surface area contributed by atoms with E-state index in [1.165, 1.54) is 0 Å². The van der Waals surface area contributed by atoms with Crippen molar-refractivity contribution in [3.8, 4) is 11.4 Å². The summed E-state index contributed by atoms with van der Waals surface area (Å²) in [7, 11) is 1.80. The van der Waals surface area contributed by atoms with Crippen LogP contribution in [-0.2, 0) is 17.8 Å². The van der Waals surface area contributed by atoms with Gasteiger partial charge >= 0.3 is 0 Å². The van der Waals surface area contributed by atoms with E-state index in [0.717, 1.165) is 11.1 Å². The van der Waals surface area contributed by atoms with Crippen LogP contribution in [0, 0.1) is 0 Å². The van der Waals surface area contributed by atoms with Gasteiger partial charge in [0.1, 0.15) is 0 Å². The Labute approximate surface area is 140 Å². The van der Waals surface area contributed by atoms with E-state index in [0.29, 0.717) is 31.1 Å². The number of amides is 1. The molecule has 2 heterocycles. The largest absolute Gasteiger partial charge is 0.341 e. The molecule has 0 unspecified atom stereocenters. The Morgan fingerprint density at radius 1 is 1.12 bits per heavy atom. The molecule has 6 heteroatoms. The third-order valence-corrected chi connectivity index (χ3v) is 3.65. The summed E-state index contributed by atoms with van der Waals surface area (Å²) in [6, 6.07) is 13.5. The Bertz CT molecular complexity index is 787. The van der Waals surface area contributed by atoms with Crippen LogP contribution in [0.3, 0.4) is 0 Å². The SMILES string of the molecule is CN(Cc1ccccc1)C(=O)CCc1nc(-c2ccncc2)no1. The number of aromatic nitrogens is 3. The first-order valence-corrected chi connectivity index (χ1v) is 7.73. The number of nitrogens with zero attached hydrogens (tertiary/aromatic N) is 4. The summed E-state index contributed by atoms with van der Waals surface area (Å²) in [5.41, 5.74) is 1.94. The van der Waals surface area contributed by atoms with Crippen LogP contribution in [0.5, 0.6) is 0 Å². The molecule has 122 valence electrons. The van der Waals surface area contributed by atoms with E-state index in [1.54, 1.807) is 24.3 Å². The molecule has 0 atom stereocenters. The lowest BCUT2D eigenvalue weighted by Crippen LogP contribution is -2.26. The number of benzene rings is 1. The van der Waals surface area contributed by atoms with Crippen LogP contribution in [0.4, 0.5) is 0 Å². The first-order valence-electron chi connectivity index (χ1n) is 7.73.